The van der Waals surface area contributed by atoms with Crippen LogP contribution in [-0.2, 0) is 11.0 Å². The lowest BCUT2D eigenvalue weighted by atomic mass is 10.2. The van der Waals surface area contributed by atoms with Crippen molar-refractivity contribution < 1.29 is 18.0 Å². The maximum absolute atomic E-state index is 12.6. The van der Waals surface area contributed by atoms with E-state index < -0.39 is 11.7 Å². The van der Waals surface area contributed by atoms with E-state index in [1.54, 1.807) is 4.90 Å². The lowest BCUT2D eigenvalue weighted by Gasteiger charge is -2.18. The number of amides is 1. The fourth-order valence-corrected chi connectivity index (χ4v) is 3.24. The van der Waals surface area contributed by atoms with Crippen molar-refractivity contribution in [3.8, 4) is 0 Å². The Morgan fingerprint density at radius 1 is 1.38 bits per heavy atom. The molecule has 0 atom stereocenters. The van der Waals surface area contributed by atoms with Crippen LogP contribution in [0.25, 0.3) is 0 Å². The zero-order valence-corrected chi connectivity index (χ0v) is 13.8. The van der Waals surface area contributed by atoms with E-state index in [0.717, 1.165) is 17.0 Å². The Balaban J connectivity index is 2.33. The summed E-state index contributed by atoms with van der Waals surface area (Å²) >= 11 is 3.42. The highest BCUT2D eigenvalue weighted by Gasteiger charge is 2.31. The van der Waals surface area contributed by atoms with Crippen molar-refractivity contribution in [2.75, 3.05) is 11.4 Å². The molecule has 1 aromatic rings. The van der Waals surface area contributed by atoms with E-state index in [1.807, 2.05) is 4.08 Å². The third-order valence-electron chi connectivity index (χ3n) is 2.65. The number of amidine groups is 1. The van der Waals surface area contributed by atoms with Crippen LogP contribution in [0.15, 0.2) is 38.2 Å². The average molecular weight is 426 g/mol. The number of hydrogen-bond acceptors (Lipinski definition) is 2. The number of alkyl halides is 3. The quantitative estimate of drug-likeness (QED) is 0.623. The molecule has 0 saturated carbocycles. The van der Waals surface area contributed by atoms with Gasteiger partial charge in [-0.2, -0.15) is 18.2 Å². The van der Waals surface area contributed by atoms with Crippen LogP contribution in [-0.4, -0.2) is 17.6 Å². The molecule has 2 rings (SSSR count). The minimum Gasteiger partial charge on any atom is -0.316 e. The van der Waals surface area contributed by atoms with Crippen LogP contribution in [0.2, 0.25) is 0 Å². The normalized spacial score (nSPS) is 19.6. The summed E-state index contributed by atoms with van der Waals surface area (Å²) in [7, 11) is 0. The van der Waals surface area contributed by atoms with Crippen molar-refractivity contribution in [1.82, 2.24) is 0 Å². The van der Waals surface area contributed by atoms with Gasteiger partial charge >= 0.3 is 6.18 Å². The highest BCUT2D eigenvalue weighted by atomic mass is 127. The molecule has 1 aliphatic heterocycles. The zero-order chi connectivity index (χ0) is 15.6. The number of nitrogens with zero attached hydrogens (tertiary/aromatic N) is 2. The van der Waals surface area contributed by atoms with Crippen LogP contribution < -0.4 is 4.90 Å². The molecular weight excluding hydrogens is 416 g/mol. The van der Waals surface area contributed by atoms with Crippen LogP contribution in [0.3, 0.4) is 0 Å². The highest BCUT2D eigenvalue weighted by Crippen LogP contribution is 2.36. The largest absolute Gasteiger partial charge is 0.416 e. The van der Waals surface area contributed by atoms with Gasteiger partial charge in [0.2, 0.25) is 5.91 Å². The Morgan fingerprint density at radius 2 is 2.00 bits per heavy atom. The second kappa shape index (κ2) is 6.39. The lowest BCUT2D eigenvalue weighted by Crippen LogP contribution is -2.24. The molecule has 0 unspecified atom stereocenters. The maximum atomic E-state index is 12.6. The Kier molecular flexibility index (Phi) is 4.97. The Morgan fingerprint density at radius 3 is 2.48 bits per heavy atom. The maximum Gasteiger partial charge on any atom is 0.416 e. The fourth-order valence-electron chi connectivity index (χ4n) is 1.73. The summed E-state index contributed by atoms with van der Waals surface area (Å²) in [4.78, 5) is 17.8. The molecule has 0 aromatic heterocycles. The van der Waals surface area contributed by atoms with Crippen molar-refractivity contribution in [2.45, 2.75) is 13.1 Å². The van der Waals surface area contributed by atoms with Gasteiger partial charge in [-0.1, -0.05) is 34.4 Å². The van der Waals surface area contributed by atoms with Crippen molar-refractivity contribution in [3.63, 3.8) is 0 Å². The number of carbonyl (C=O) groups is 1. The number of halogens is 4. The van der Waals surface area contributed by atoms with Gasteiger partial charge in [0.05, 0.1) is 12.1 Å². The molecule has 0 bridgehead atoms. The van der Waals surface area contributed by atoms with Crippen molar-refractivity contribution in [1.29, 1.82) is 0 Å². The molecule has 1 fully saturated rings. The molecule has 0 N–H and O–H groups in total. The monoisotopic (exact) mass is 426 g/mol. The third-order valence-corrected chi connectivity index (χ3v) is 4.83. The van der Waals surface area contributed by atoms with Gasteiger partial charge in [0, 0.05) is 17.5 Å². The predicted octanol–water partition coefficient (Wildman–Crippen LogP) is 4.44. The van der Waals surface area contributed by atoms with E-state index in [2.05, 4.69) is 27.6 Å². The molecule has 1 heterocycles. The first-order valence-electron chi connectivity index (χ1n) is 5.82. The zero-order valence-electron chi connectivity index (χ0n) is 10.8. The minimum atomic E-state index is -4.36. The van der Waals surface area contributed by atoms with Gasteiger partial charge in [0.25, 0.3) is 0 Å². The summed E-state index contributed by atoms with van der Waals surface area (Å²) in [6, 6.07) is 4.82. The Bertz CT molecular complexity index is 611. The molecule has 112 valence electrons. The van der Waals surface area contributed by atoms with Crippen molar-refractivity contribution >= 4 is 51.1 Å². The second-order valence-corrected chi connectivity index (χ2v) is 5.94. The molecule has 1 aliphatic rings. The predicted molar refractivity (Wildman–Crippen MR) is 86.6 cm³/mol. The number of aliphatic imine (C=N–C) groups is 1. The first kappa shape index (κ1) is 16.3. The summed E-state index contributed by atoms with van der Waals surface area (Å²) < 4.78 is 39.6. The van der Waals surface area contributed by atoms with Crippen molar-refractivity contribution in [2.24, 2.45) is 4.99 Å². The van der Waals surface area contributed by atoms with Gasteiger partial charge in [-0.3, -0.25) is 4.79 Å². The number of carbonyl (C=O) groups excluding carboxylic acids is 1. The summed E-state index contributed by atoms with van der Waals surface area (Å²) in [6.45, 7) is 1.83. The molecule has 0 aliphatic carbocycles. The topological polar surface area (TPSA) is 32.7 Å². The fraction of sp³-hybridized carbons (Fsp3) is 0.231. The number of anilines is 1. The SMILES string of the molecule is CC(=O)N=C1S/C(=C\I)CN1c1ccc(C(F)(F)F)cc1. The van der Waals surface area contributed by atoms with Gasteiger partial charge in [-0.05, 0) is 28.3 Å². The van der Waals surface area contributed by atoms with E-state index in [9.17, 15) is 18.0 Å². The van der Waals surface area contributed by atoms with Crippen LogP contribution in [0, 0.1) is 0 Å². The summed E-state index contributed by atoms with van der Waals surface area (Å²) in [5.41, 5.74) is -0.128. The molecule has 8 heteroatoms. The first-order valence-corrected chi connectivity index (χ1v) is 7.88. The van der Waals surface area contributed by atoms with Gasteiger partial charge in [-0.15, -0.1) is 0 Å². The third kappa shape index (κ3) is 4.00. The van der Waals surface area contributed by atoms with E-state index in [4.69, 9.17) is 0 Å². The molecule has 21 heavy (non-hydrogen) atoms. The molecule has 1 aromatic carbocycles. The van der Waals surface area contributed by atoms with Gasteiger partial charge in [-0.25, -0.2) is 0 Å². The summed E-state index contributed by atoms with van der Waals surface area (Å²) in [5.74, 6) is -0.343. The first-order chi connectivity index (χ1) is 9.81. The van der Waals surface area contributed by atoms with E-state index in [1.165, 1.54) is 30.8 Å². The van der Waals surface area contributed by atoms with Crippen LogP contribution in [0.1, 0.15) is 12.5 Å². The molecule has 3 nitrogen and oxygen atoms in total. The number of rotatable bonds is 1. The summed E-state index contributed by atoms with van der Waals surface area (Å²) in [5, 5.41) is 0.477. The van der Waals surface area contributed by atoms with E-state index >= 15 is 0 Å². The summed E-state index contributed by atoms with van der Waals surface area (Å²) in [6.07, 6.45) is -4.36. The van der Waals surface area contributed by atoms with Crippen LogP contribution >= 0.6 is 34.4 Å². The standard InChI is InChI=1S/C13H10F3IN2OS/c1-8(20)18-12-19(7-11(6-17)21-12)10-4-2-9(3-5-10)13(14,15)16/h2-6H,7H2,1H3/b11-6-,18-12?. The highest BCUT2D eigenvalue weighted by molar-refractivity contribution is 14.1. The number of thioether (sulfide) groups is 1. The average Bonchev–Trinajstić information content (AvgIpc) is 2.80. The molecule has 1 amide bonds. The van der Waals surface area contributed by atoms with Crippen LogP contribution in [0.4, 0.5) is 18.9 Å². The smallest absolute Gasteiger partial charge is 0.316 e. The van der Waals surface area contributed by atoms with Crippen molar-refractivity contribution in [3.05, 3.63) is 38.8 Å². The second-order valence-electron chi connectivity index (χ2n) is 4.22. The minimum absolute atomic E-state index is 0.343. The number of benzene rings is 1. The van der Waals surface area contributed by atoms with Gasteiger partial charge in [0.15, 0.2) is 5.17 Å². The number of hydrogen-bond donors (Lipinski definition) is 0. The molecule has 0 spiro atoms. The lowest BCUT2D eigenvalue weighted by molar-refractivity contribution is -0.137. The van der Waals surface area contributed by atoms with Gasteiger partial charge in [0.1, 0.15) is 0 Å². The molecular formula is C13H10F3IN2OS. The molecule has 0 radical (unpaired) electrons. The van der Waals surface area contributed by atoms with E-state index in [-0.39, 0.29) is 5.91 Å². The van der Waals surface area contributed by atoms with Gasteiger partial charge < -0.3 is 4.90 Å². The van der Waals surface area contributed by atoms with E-state index in [0.29, 0.717) is 17.4 Å². The molecule has 1 saturated heterocycles. The Hall–Kier alpha value is -1.03. The Labute approximate surface area is 137 Å². The van der Waals surface area contributed by atoms with Crippen LogP contribution in [0.5, 0.6) is 0 Å².